The van der Waals surface area contributed by atoms with Gasteiger partial charge in [0, 0.05) is 10.0 Å². The third kappa shape index (κ3) is 2.02. The maximum atomic E-state index is 11.6. The van der Waals surface area contributed by atoms with Crippen LogP contribution in [0, 0.1) is 0 Å². The number of rotatable bonds is 2. The van der Waals surface area contributed by atoms with Crippen LogP contribution in [0.4, 0.5) is 0 Å². The van der Waals surface area contributed by atoms with Gasteiger partial charge in [0.15, 0.2) is 0 Å². The molecule has 0 saturated heterocycles. The molecule has 4 heteroatoms. The summed E-state index contributed by atoms with van der Waals surface area (Å²) in [6.45, 7) is 0. The van der Waals surface area contributed by atoms with Crippen molar-refractivity contribution in [2.24, 2.45) is 0 Å². The number of benzene rings is 1. The molecule has 0 aliphatic carbocycles. The molecule has 0 bridgehead atoms. The minimum Gasteiger partial charge on any atom is -0.465 e. The summed E-state index contributed by atoms with van der Waals surface area (Å²) in [5.74, 6) is 0.264. The van der Waals surface area contributed by atoms with Gasteiger partial charge in [0.25, 0.3) is 0 Å². The molecule has 0 saturated carbocycles. The molecular formula is C12H9BrO3. The summed E-state index contributed by atoms with van der Waals surface area (Å²) in [5, 5.41) is 0. The van der Waals surface area contributed by atoms with E-state index in [1.807, 2.05) is 6.07 Å². The van der Waals surface area contributed by atoms with E-state index in [4.69, 9.17) is 9.15 Å². The number of methoxy groups -OCH3 is 1. The van der Waals surface area contributed by atoms with E-state index >= 15 is 0 Å². The smallest absolute Gasteiger partial charge is 0.338 e. The Morgan fingerprint density at radius 1 is 1.38 bits per heavy atom. The maximum Gasteiger partial charge on any atom is 0.338 e. The molecule has 0 radical (unpaired) electrons. The van der Waals surface area contributed by atoms with E-state index in [0.717, 1.165) is 4.47 Å². The molecular weight excluding hydrogens is 272 g/mol. The van der Waals surface area contributed by atoms with Gasteiger partial charge in [0.05, 0.1) is 18.9 Å². The van der Waals surface area contributed by atoms with Gasteiger partial charge in [-0.3, -0.25) is 0 Å². The van der Waals surface area contributed by atoms with Gasteiger partial charge in [-0.15, -0.1) is 0 Å². The number of carbonyl (C=O) groups is 1. The fraction of sp³-hybridized carbons (Fsp3) is 0.0833. The van der Waals surface area contributed by atoms with Crippen molar-refractivity contribution in [1.29, 1.82) is 0 Å². The number of furan rings is 1. The molecule has 0 atom stereocenters. The Bertz CT molecular complexity index is 503. The highest BCUT2D eigenvalue weighted by molar-refractivity contribution is 9.10. The first-order valence-electron chi connectivity index (χ1n) is 4.64. The van der Waals surface area contributed by atoms with Crippen LogP contribution < -0.4 is 0 Å². The van der Waals surface area contributed by atoms with Gasteiger partial charge in [0.2, 0.25) is 0 Å². The van der Waals surface area contributed by atoms with E-state index < -0.39 is 0 Å². The number of ether oxygens (including phenoxy) is 1. The van der Waals surface area contributed by atoms with E-state index in [-0.39, 0.29) is 5.97 Å². The Morgan fingerprint density at radius 2 is 2.19 bits per heavy atom. The molecule has 0 amide bonds. The van der Waals surface area contributed by atoms with Crippen LogP contribution in [-0.2, 0) is 4.74 Å². The Labute approximate surface area is 101 Å². The average molecular weight is 281 g/mol. The lowest BCUT2D eigenvalue weighted by molar-refractivity contribution is 0.0601. The summed E-state index contributed by atoms with van der Waals surface area (Å²) in [5.41, 5.74) is 1.20. The van der Waals surface area contributed by atoms with E-state index in [9.17, 15) is 4.79 Å². The Morgan fingerprint density at radius 3 is 2.81 bits per heavy atom. The molecule has 0 spiro atoms. The van der Waals surface area contributed by atoms with Crippen molar-refractivity contribution < 1.29 is 13.9 Å². The van der Waals surface area contributed by atoms with Crippen LogP contribution in [0.5, 0.6) is 0 Å². The molecule has 3 nitrogen and oxygen atoms in total. The Hall–Kier alpha value is -1.55. The molecule has 0 fully saturated rings. The maximum absolute atomic E-state index is 11.6. The minimum absolute atomic E-state index is 0.376. The third-order valence-corrected chi connectivity index (χ3v) is 2.67. The van der Waals surface area contributed by atoms with Gasteiger partial charge in [0.1, 0.15) is 5.76 Å². The molecule has 82 valence electrons. The highest BCUT2D eigenvalue weighted by Gasteiger charge is 2.15. The lowest BCUT2D eigenvalue weighted by Crippen LogP contribution is -2.03. The molecule has 1 aromatic carbocycles. The van der Waals surface area contributed by atoms with E-state index in [2.05, 4.69) is 15.9 Å². The lowest BCUT2D eigenvalue weighted by Gasteiger charge is -2.05. The summed E-state index contributed by atoms with van der Waals surface area (Å²) in [6.07, 6.45) is 1.57. The Balaban J connectivity index is 2.57. The van der Waals surface area contributed by atoms with Gasteiger partial charge in [-0.05, 0) is 30.3 Å². The minimum atomic E-state index is -0.376. The van der Waals surface area contributed by atoms with Crippen molar-refractivity contribution >= 4 is 21.9 Å². The average Bonchev–Trinajstić information content (AvgIpc) is 2.81. The second kappa shape index (κ2) is 4.53. The molecule has 2 aromatic rings. The van der Waals surface area contributed by atoms with Crippen molar-refractivity contribution in [1.82, 2.24) is 0 Å². The third-order valence-electron chi connectivity index (χ3n) is 2.17. The SMILES string of the molecule is COC(=O)c1ccc(Br)cc1-c1ccco1. The largest absolute Gasteiger partial charge is 0.465 e. The second-order valence-corrected chi connectivity index (χ2v) is 4.07. The highest BCUT2D eigenvalue weighted by atomic mass is 79.9. The molecule has 1 aromatic heterocycles. The van der Waals surface area contributed by atoms with Crippen LogP contribution >= 0.6 is 15.9 Å². The topological polar surface area (TPSA) is 39.4 Å². The first-order chi connectivity index (χ1) is 7.72. The zero-order chi connectivity index (χ0) is 11.5. The fourth-order valence-electron chi connectivity index (χ4n) is 1.44. The number of esters is 1. The van der Waals surface area contributed by atoms with Crippen molar-refractivity contribution in [3.63, 3.8) is 0 Å². The fourth-order valence-corrected chi connectivity index (χ4v) is 1.80. The van der Waals surface area contributed by atoms with Crippen molar-refractivity contribution in [3.05, 3.63) is 46.6 Å². The zero-order valence-corrected chi connectivity index (χ0v) is 10.2. The molecule has 0 N–H and O–H groups in total. The van der Waals surface area contributed by atoms with Crippen LogP contribution in [0.2, 0.25) is 0 Å². The molecule has 16 heavy (non-hydrogen) atoms. The molecule has 0 aliphatic heterocycles. The van der Waals surface area contributed by atoms with E-state index in [0.29, 0.717) is 16.9 Å². The predicted molar refractivity (Wildman–Crippen MR) is 63.2 cm³/mol. The van der Waals surface area contributed by atoms with Gasteiger partial charge in [-0.1, -0.05) is 15.9 Å². The molecule has 0 aliphatic rings. The van der Waals surface area contributed by atoms with Gasteiger partial charge in [-0.2, -0.15) is 0 Å². The highest BCUT2D eigenvalue weighted by Crippen LogP contribution is 2.28. The standard InChI is InChI=1S/C12H9BrO3/c1-15-12(14)9-5-4-8(13)7-10(9)11-3-2-6-16-11/h2-7H,1H3. The number of hydrogen-bond acceptors (Lipinski definition) is 3. The predicted octanol–water partition coefficient (Wildman–Crippen LogP) is 3.50. The van der Waals surface area contributed by atoms with Crippen LogP contribution in [0.25, 0.3) is 11.3 Å². The van der Waals surface area contributed by atoms with Crippen LogP contribution in [0.15, 0.2) is 45.5 Å². The lowest BCUT2D eigenvalue weighted by atomic mass is 10.1. The zero-order valence-electron chi connectivity index (χ0n) is 8.57. The van der Waals surface area contributed by atoms with Gasteiger partial charge >= 0.3 is 5.97 Å². The molecule has 1 heterocycles. The van der Waals surface area contributed by atoms with Crippen LogP contribution in [-0.4, -0.2) is 13.1 Å². The number of hydrogen-bond donors (Lipinski definition) is 0. The summed E-state index contributed by atoms with van der Waals surface area (Å²) in [6, 6.07) is 8.89. The van der Waals surface area contributed by atoms with Crippen LogP contribution in [0.1, 0.15) is 10.4 Å². The summed E-state index contributed by atoms with van der Waals surface area (Å²) < 4.78 is 10.9. The second-order valence-electron chi connectivity index (χ2n) is 3.16. The van der Waals surface area contributed by atoms with Gasteiger partial charge < -0.3 is 9.15 Å². The van der Waals surface area contributed by atoms with E-state index in [1.165, 1.54) is 7.11 Å². The first-order valence-corrected chi connectivity index (χ1v) is 5.43. The Kier molecular flexibility index (Phi) is 3.10. The molecule has 0 unspecified atom stereocenters. The first kappa shape index (κ1) is 11.0. The van der Waals surface area contributed by atoms with Crippen molar-refractivity contribution in [3.8, 4) is 11.3 Å². The van der Waals surface area contributed by atoms with Crippen molar-refractivity contribution in [2.45, 2.75) is 0 Å². The molecule has 2 rings (SSSR count). The van der Waals surface area contributed by atoms with Gasteiger partial charge in [-0.25, -0.2) is 4.79 Å². The summed E-state index contributed by atoms with van der Waals surface area (Å²) >= 11 is 3.36. The normalized spacial score (nSPS) is 10.1. The summed E-state index contributed by atoms with van der Waals surface area (Å²) in [7, 11) is 1.36. The number of carbonyl (C=O) groups excluding carboxylic acids is 1. The number of halogens is 1. The monoisotopic (exact) mass is 280 g/mol. The quantitative estimate of drug-likeness (QED) is 0.791. The summed E-state index contributed by atoms with van der Waals surface area (Å²) in [4.78, 5) is 11.6. The van der Waals surface area contributed by atoms with Crippen LogP contribution in [0.3, 0.4) is 0 Å². The van der Waals surface area contributed by atoms with Crippen molar-refractivity contribution in [2.75, 3.05) is 7.11 Å². The van der Waals surface area contributed by atoms with E-state index in [1.54, 1.807) is 30.5 Å².